The van der Waals surface area contributed by atoms with Crippen molar-refractivity contribution >= 4 is 24.7 Å². The minimum absolute atomic E-state index is 0.0751. The van der Waals surface area contributed by atoms with Gasteiger partial charge in [0.2, 0.25) is 5.12 Å². The van der Waals surface area contributed by atoms with Gasteiger partial charge in [0.25, 0.3) is 5.56 Å². The van der Waals surface area contributed by atoms with Crippen molar-refractivity contribution in [2.75, 3.05) is 19.0 Å². The van der Waals surface area contributed by atoms with Crippen LogP contribution in [0.2, 0.25) is 0 Å². The van der Waals surface area contributed by atoms with E-state index in [1.165, 1.54) is 13.1 Å². The first kappa shape index (κ1) is 23.4. The lowest BCUT2D eigenvalue weighted by molar-refractivity contribution is -0.113. The SMILES string of the molecule is CCSC(=O)COP(=O)(O)OC[C@H]1O[C@@H](n2cc(C)c(=O)[nH]c2=O)C[C@@H]1N=[N+]=[N-]. The summed E-state index contributed by atoms with van der Waals surface area (Å²) >= 11 is 0.935. The van der Waals surface area contributed by atoms with Crippen LogP contribution in [0.4, 0.5) is 0 Å². The van der Waals surface area contributed by atoms with Crippen LogP contribution in [0.3, 0.4) is 0 Å². The van der Waals surface area contributed by atoms with Crippen molar-refractivity contribution in [1.29, 1.82) is 0 Å². The second-order valence-corrected chi connectivity index (χ2v) is 8.73. The Morgan fingerprint density at radius 1 is 1.55 bits per heavy atom. The fourth-order valence-corrected chi connectivity index (χ4v) is 3.81. The Hall–Kier alpha value is -1.92. The Kier molecular flexibility index (Phi) is 8.23. The van der Waals surface area contributed by atoms with Crippen LogP contribution in [0.15, 0.2) is 20.9 Å². The van der Waals surface area contributed by atoms with Crippen molar-refractivity contribution in [3.8, 4) is 0 Å². The number of rotatable bonds is 9. The van der Waals surface area contributed by atoms with E-state index in [-0.39, 0.29) is 12.0 Å². The summed E-state index contributed by atoms with van der Waals surface area (Å²) in [6.07, 6.45) is -0.464. The lowest BCUT2D eigenvalue weighted by Gasteiger charge is -2.18. The molecule has 1 aliphatic rings. The van der Waals surface area contributed by atoms with E-state index >= 15 is 0 Å². The van der Waals surface area contributed by atoms with Crippen molar-refractivity contribution in [3.05, 3.63) is 43.0 Å². The van der Waals surface area contributed by atoms with Crippen LogP contribution in [0.5, 0.6) is 0 Å². The molecule has 0 amide bonds. The molecule has 1 saturated heterocycles. The van der Waals surface area contributed by atoms with Crippen LogP contribution >= 0.6 is 19.6 Å². The number of nitrogens with one attached hydrogen (secondary N) is 1. The zero-order valence-electron chi connectivity index (χ0n) is 15.6. The highest BCUT2D eigenvalue weighted by Gasteiger charge is 2.38. The van der Waals surface area contributed by atoms with Crippen LogP contribution in [0.1, 0.15) is 25.1 Å². The van der Waals surface area contributed by atoms with Gasteiger partial charge in [0.15, 0.2) is 0 Å². The molecule has 0 radical (unpaired) electrons. The number of H-pyrrole nitrogens is 1. The third-order valence-corrected chi connectivity index (χ3v) is 5.57. The van der Waals surface area contributed by atoms with Gasteiger partial charge in [-0.15, -0.1) is 0 Å². The van der Waals surface area contributed by atoms with Gasteiger partial charge in [-0.05, 0) is 18.2 Å². The standard InChI is InChI=1S/C14H20N5O8PS/c1-3-29-12(20)7-26-28(23,24)25-6-10-9(17-18-15)4-11(27-10)19-5-8(2)13(21)16-14(19)22/h5,9-11H,3-4,6-7H2,1-2H3,(H,23,24)(H,16,21,22)/t9-,10+,11+/m0/s1. The molecule has 0 saturated carbocycles. The van der Waals surface area contributed by atoms with Crippen LogP contribution in [0, 0.1) is 6.92 Å². The van der Waals surface area contributed by atoms with Crippen molar-refractivity contribution in [1.82, 2.24) is 9.55 Å². The molecule has 0 aliphatic carbocycles. The number of phosphoric ester groups is 1. The van der Waals surface area contributed by atoms with Crippen molar-refractivity contribution in [2.45, 2.75) is 38.6 Å². The molecule has 1 aromatic heterocycles. The maximum absolute atomic E-state index is 12.0. The first-order valence-electron chi connectivity index (χ1n) is 8.46. The summed E-state index contributed by atoms with van der Waals surface area (Å²) in [7, 11) is -4.55. The van der Waals surface area contributed by atoms with Crippen LogP contribution in [-0.4, -0.2) is 50.7 Å². The fourth-order valence-electron chi connectivity index (χ4n) is 2.57. The maximum Gasteiger partial charge on any atom is 0.472 e. The summed E-state index contributed by atoms with van der Waals surface area (Å²) in [6, 6.07) is -0.804. The summed E-state index contributed by atoms with van der Waals surface area (Å²) in [6.45, 7) is 2.16. The summed E-state index contributed by atoms with van der Waals surface area (Å²) in [5.41, 5.74) is 7.76. The molecule has 4 atom stereocenters. The fraction of sp³-hybridized carbons (Fsp3) is 0.643. The summed E-state index contributed by atoms with van der Waals surface area (Å²) in [4.78, 5) is 49.5. The first-order valence-corrected chi connectivity index (χ1v) is 10.9. The molecular weight excluding hydrogens is 429 g/mol. The summed E-state index contributed by atoms with van der Waals surface area (Å²) < 4.78 is 28.2. The Bertz CT molecular complexity index is 958. The zero-order chi connectivity index (χ0) is 21.6. The highest BCUT2D eigenvalue weighted by atomic mass is 32.2. The number of hydrogen-bond donors (Lipinski definition) is 2. The average molecular weight is 449 g/mol. The molecule has 1 aliphatic heterocycles. The van der Waals surface area contributed by atoms with Gasteiger partial charge in [0, 0.05) is 23.1 Å². The molecule has 1 aromatic rings. The Balaban J connectivity index is 2.06. The predicted molar refractivity (Wildman–Crippen MR) is 102 cm³/mol. The number of carbonyl (C=O) groups is 1. The second kappa shape index (κ2) is 10.2. The minimum Gasteiger partial charge on any atom is -0.352 e. The van der Waals surface area contributed by atoms with Gasteiger partial charge in [-0.2, -0.15) is 0 Å². The molecular formula is C14H20N5O8PS. The third-order valence-electron chi connectivity index (χ3n) is 3.91. The molecule has 2 N–H and O–H groups in total. The molecule has 0 bridgehead atoms. The predicted octanol–water partition coefficient (Wildman–Crippen LogP) is 1.22. The Morgan fingerprint density at radius 2 is 2.28 bits per heavy atom. The lowest BCUT2D eigenvalue weighted by atomic mass is 10.1. The van der Waals surface area contributed by atoms with E-state index in [0.717, 1.165) is 16.3 Å². The van der Waals surface area contributed by atoms with Gasteiger partial charge in [-0.3, -0.25) is 28.2 Å². The van der Waals surface area contributed by atoms with Crippen molar-refractivity contribution in [2.24, 2.45) is 5.11 Å². The van der Waals surface area contributed by atoms with Gasteiger partial charge >= 0.3 is 13.5 Å². The number of nitrogens with zero attached hydrogens (tertiary/aromatic N) is 4. The van der Waals surface area contributed by atoms with E-state index in [1.807, 2.05) is 0 Å². The number of thioether (sulfide) groups is 1. The molecule has 29 heavy (non-hydrogen) atoms. The topological polar surface area (TPSA) is 186 Å². The zero-order valence-corrected chi connectivity index (χ0v) is 17.3. The molecule has 2 rings (SSSR count). The van der Waals surface area contributed by atoms with Gasteiger partial charge < -0.3 is 9.63 Å². The maximum atomic E-state index is 12.0. The third kappa shape index (κ3) is 6.54. The number of carbonyl (C=O) groups excluding carboxylic acids is 1. The van der Waals surface area contributed by atoms with E-state index in [9.17, 15) is 23.8 Å². The molecule has 13 nitrogen and oxygen atoms in total. The monoisotopic (exact) mass is 449 g/mol. The number of aryl methyl sites for hydroxylation is 1. The molecule has 1 fully saturated rings. The van der Waals surface area contributed by atoms with Crippen LogP contribution in [-0.2, 0) is 23.1 Å². The van der Waals surface area contributed by atoms with Gasteiger partial charge in [0.1, 0.15) is 12.8 Å². The van der Waals surface area contributed by atoms with E-state index in [4.69, 9.17) is 14.8 Å². The number of aromatic nitrogens is 2. The molecule has 1 unspecified atom stereocenters. The van der Waals surface area contributed by atoms with Crippen LogP contribution < -0.4 is 11.2 Å². The number of aromatic amines is 1. The highest BCUT2D eigenvalue weighted by Crippen LogP contribution is 2.44. The largest absolute Gasteiger partial charge is 0.472 e. The smallest absolute Gasteiger partial charge is 0.352 e. The second-order valence-electron chi connectivity index (χ2n) is 5.96. The normalized spacial score (nSPS) is 23.3. The van der Waals surface area contributed by atoms with Crippen molar-refractivity contribution in [3.63, 3.8) is 0 Å². The summed E-state index contributed by atoms with van der Waals surface area (Å²) in [5, 5.41) is 3.14. The molecule has 2 heterocycles. The van der Waals surface area contributed by atoms with Crippen LogP contribution in [0.25, 0.3) is 10.4 Å². The number of azide groups is 1. The molecule has 15 heteroatoms. The van der Waals surface area contributed by atoms with Crippen molar-refractivity contribution < 1.29 is 28.0 Å². The van der Waals surface area contributed by atoms with E-state index < -0.39 is 55.8 Å². The van der Waals surface area contributed by atoms with E-state index in [1.54, 1.807) is 6.92 Å². The van der Waals surface area contributed by atoms with Gasteiger partial charge in [-0.25, -0.2) is 9.36 Å². The quantitative estimate of drug-likeness (QED) is 0.242. The van der Waals surface area contributed by atoms with E-state index in [0.29, 0.717) is 5.75 Å². The summed E-state index contributed by atoms with van der Waals surface area (Å²) in [5.74, 6) is 0.494. The van der Waals surface area contributed by atoms with Gasteiger partial charge in [0.05, 0.1) is 18.8 Å². The molecule has 0 aromatic carbocycles. The Morgan fingerprint density at radius 3 is 2.93 bits per heavy atom. The number of ether oxygens (including phenoxy) is 1. The first-order chi connectivity index (χ1) is 13.7. The number of hydrogen-bond acceptors (Lipinski definition) is 9. The molecule has 160 valence electrons. The lowest BCUT2D eigenvalue weighted by Crippen LogP contribution is -2.33. The average Bonchev–Trinajstić information content (AvgIpc) is 3.05. The number of phosphoric acid groups is 1. The minimum atomic E-state index is -4.55. The van der Waals surface area contributed by atoms with E-state index in [2.05, 4.69) is 19.5 Å². The highest BCUT2D eigenvalue weighted by molar-refractivity contribution is 8.13. The molecule has 0 spiro atoms. The van der Waals surface area contributed by atoms with Gasteiger partial charge in [-0.1, -0.05) is 23.8 Å². The Labute approximate surface area is 168 Å².